The molecule has 12 amide bonds. The summed E-state index contributed by atoms with van der Waals surface area (Å²) in [4.78, 5) is 191. The summed E-state index contributed by atoms with van der Waals surface area (Å²) in [5, 5.41) is 7.02. The highest BCUT2D eigenvalue weighted by molar-refractivity contribution is 6.21. The molecule has 0 bridgehead atoms. The van der Waals surface area contributed by atoms with Gasteiger partial charge in [-0.05, 0) is 120 Å². The summed E-state index contributed by atoms with van der Waals surface area (Å²) in [7, 11) is 8.37. The second kappa shape index (κ2) is 34.2. The first kappa shape index (κ1) is 81.3. The number of likely N-dealkylation sites (N-methyl/N-ethyl adjacent to an activating group) is 6. The number of carbonyl (C=O) groups excluding carboxylic acids is 12. The summed E-state index contributed by atoms with van der Waals surface area (Å²) in [6.07, 6.45) is 1.61. The van der Waals surface area contributed by atoms with Gasteiger partial charge in [0, 0.05) is 73.7 Å². The zero-order valence-electron chi connectivity index (χ0n) is 61.6. The molecule has 574 valence electrons. The molecule has 8 aliphatic rings. The van der Waals surface area contributed by atoms with Crippen molar-refractivity contribution in [1.29, 1.82) is 0 Å². The van der Waals surface area contributed by atoms with Gasteiger partial charge in [-0.15, -0.1) is 11.6 Å². The highest BCUT2D eigenvalue weighted by Crippen LogP contribution is 2.45. The lowest BCUT2D eigenvalue weighted by Gasteiger charge is -2.45. The lowest BCUT2D eigenvalue weighted by molar-refractivity contribution is -0.182. The first-order valence-corrected chi connectivity index (χ1v) is 37.8. The minimum atomic E-state index is -4.58. The summed E-state index contributed by atoms with van der Waals surface area (Å²) in [5.41, 5.74) is -1.81. The highest BCUT2D eigenvalue weighted by atomic mass is 35.5. The maximum atomic E-state index is 16.2. The maximum Gasteiger partial charge on any atom is 0.393 e. The van der Waals surface area contributed by atoms with Crippen LogP contribution in [0, 0.1) is 35.5 Å². The smallest absolute Gasteiger partial charge is 0.343 e. The topological polar surface area (TPSA) is 270 Å². The number of rotatable bonds is 11. The Morgan fingerprint density at radius 2 is 1.26 bits per heavy atom. The number of carbonyl (C=O) groups is 12. The van der Waals surface area contributed by atoms with Crippen molar-refractivity contribution in [2.75, 3.05) is 75.0 Å². The van der Waals surface area contributed by atoms with E-state index in [1.54, 1.807) is 6.92 Å². The molecule has 3 unspecified atom stereocenters. The fraction of sp³-hybridized carbons (Fsp3) is 0.833. The molecule has 1 spiro atoms. The minimum Gasteiger partial charge on any atom is -0.343 e. The Balaban J connectivity index is 1.18. The van der Waals surface area contributed by atoms with Crippen LogP contribution in [-0.4, -0.2) is 267 Å². The van der Waals surface area contributed by atoms with E-state index < -0.39 is 198 Å². The van der Waals surface area contributed by atoms with Crippen molar-refractivity contribution >= 4 is 82.5 Å². The number of hydrogen-bond donors (Lipinski definition) is 3. The van der Waals surface area contributed by atoms with E-state index in [0.717, 1.165) is 37.0 Å². The monoisotopic (exact) mass is 1470 g/mol. The number of amides is 12. The largest absolute Gasteiger partial charge is 0.393 e. The molecule has 8 rings (SSSR count). The molecule has 4 saturated carbocycles. The van der Waals surface area contributed by atoms with E-state index in [4.69, 9.17) is 11.6 Å². The molecule has 4 aliphatic heterocycles. The van der Waals surface area contributed by atoms with Crippen molar-refractivity contribution in [3.8, 4) is 0 Å². The zero-order chi connectivity index (χ0) is 75.2. The summed E-state index contributed by atoms with van der Waals surface area (Å²) < 4.78 is 74.4. The fourth-order valence-corrected chi connectivity index (χ4v) is 17.5. The molecule has 4 saturated heterocycles. The third-order valence-corrected chi connectivity index (χ3v) is 24.5. The van der Waals surface area contributed by atoms with E-state index in [1.807, 2.05) is 20.8 Å². The second-order valence-corrected chi connectivity index (χ2v) is 32.1. The van der Waals surface area contributed by atoms with Gasteiger partial charge in [-0.3, -0.25) is 57.5 Å². The first-order chi connectivity index (χ1) is 47.9. The van der Waals surface area contributed by atoms with Gasteiger partial charge in [0.25, 0.3) is 5.92 Å². The van der Waals surface area contributed by atoms with Gasteiger partial charge in [-0.1, -0.05) is 91.9 Å². The molecular weight excluding hydrogens is 1360 g/mol. The second-order valence-electron chi connectivity index (χ2n) is 31.5. The SMILES string of the molecule is CC[C@H](C)[C@@H]1NC(=O)[C@H](CC(C)C)N(C)C(=O)C[C@@H](C(=O)N2CCC2)N(C)C(=O)[C@H](C2CCCC2)N(C)C(=O)C2(CCCC2)NC(=O)[C@@H]2CC(F)(F)CN2C(=O)[C@H](CCC2CCC(C(F)(F)F)C(Cl)C2)NC(=O)CN(C)C(=O)[C@H](CC2CCCCC2)N(C)C(=O)[C@@H]2CCN2C(=O)[C@H](C)N(C)C1=O. The van der Waals surface area contributed by atoms with E-state index in [1.165, 1.54) is 83.5 Å². The Bertz CT molecular complexity index is 3070. The highest BCUT2D eigenvalue weighted by Gasteiger charge is 2.56. The Labute approximate surface area is 602 Å². The third-order valence-electron chi connectivity index (χ3n) is 24.0. The molecule has 8 fully saturated rings. The maximum absolute atomic E-state index is 16.2. The van der Waals surface area contributed by atoms with Crippen LogP contribution in [-0.2, 0) is 57.5 Å². The van der Waals surface area contributed by atoms with Gasteiger partial charge < -0.3 is 60.0 Å². The van der Waals surface area contributed by atoms with Gasteiger partial charge >= 0.3 is 6.18 Å². The summed E-state index contributed by atoms with van der Waals surface area (Å²) >= 11 is 6.36. The van der Waals surface area contributed by atoms with Gasteiger partial charge in [0.1, 0.15) is 59.9 Å². The molecule has 102 heavy (non-hydrogen) atoms. The Morgan fingerprint density at radius 1 is 0.627 bits per heavy atom. The quantitative estimate of drug-likeness (QED) is 0.157. The van der Waals surface area contributed by atoms with Crippen molar-refractivity contribution in [3.05, 3.63) is 0 Å². The molecular formula is C72H112ClF5N12O12. The third kappa shape index (κ3) is 18.6. The van der Waals surface area contributed by atoms with Gasteiger partial charge in [0.2, 0.25) is 70.9 Å². The van der Waals surface area contributed by atoms with Crippen molar-refractivity contribution in [2.45, 2.75) is 273 Å². The molecule has 0 aromatic heterocycles. The molecule has 4 aliphatic carbocycles. The Kier molecular flexibility index (Phi) is 27.3. The summed E-state index contributed by atoms with van der Waals surface area (Å²) in [5.74, 6) is -16.3. The van der Waals surface area contributed by atoms with Crippen LogP contribution in [0.25, 0.3) is 0 Å². The molecule has 0 aromatic rings. The standard InChI is InChI=1S/C72H112ClF5N12O12/c1-12-43(4)58-67(100)83(7)44(5)62(95)89-34-29-51(89)65(98)85(9)53(37-45-21-14-13-15-22-45)64(97)82(6)40-56(91)79-50(28-26-46-25-27-48(49(73)36-46)72(76,77)78)63(96)90-41-71(74,75)39-55(90)61(94)81-70(30-18-19-31-70)69(102)87(11)59(47-23-16-17-24-47)68(101)86(10)54(66(99)88-32-20-33-88)38-57(92)84(8)52(35-42(2)3)60(93)80-58/h42-55,58-59H,12-41H2,1-11H3,(H,79,91)(H,80,93)(H,81,94)/t43-,44-,46?,48?,49?,50-,51-,52-,53-,54-,55-,58-,59-/m0/s1. The van der Waals surface area contributed by atoms with E-state index in [2.05, 4.69) is 16.0 Å². The van der Waals surface area contributed by atoms with E-state index in [9.17, 15) is 46.7 Å². The number of nitrogens with one attached hydrogen (secondary N) is 3. The van der Waals surface area contributed by atoms with E-state index in [0.29, 0.717) is 69.4 Å². The Hall–Kier alpha value is -6.42. The van der Waals surface area contributed by atoms with Crippen LogP contribution in [0.5, 0.6) is 0 Å². The zero-order valence-corrected chi connectivity index (χ0v) is 62.4. The number of alkyl halides is 6. The predicted octanol–water partition coefficient (Wildman–Crippen LogP) is 6.09. The van der Waals surface area contributed by atoms with Crippen molar-refractivity contribution in [2.24, 2.45) is 35.5 Å². The van der Waals surface area contributed by atoms with Crippen LogP contribution >= 0.6 is 11.6 Å². The number of fused-ring (bicyclic) bond motifs is 2. The molecule has 4 heterocycles. The first-order valence-electron chi connectivity index (χ1n) is 37.4. The summed E-state index contributed by atoms with van der Waals surface area (Å²) in [6.45, 7) is 7.53. The van der Waals surface area contributed by atoms with E-state index >= 15 is 32.8 Å². The van der Waals surface area contributed by atoms with Crippen molar-refractivity contribution in [1.82, 2.24) is 60.0 Å². The number of hydrogen-bond acceptors (Lipinski definition) is 12. The number of nitrogens with zero attached hydrogens (tertiary/aromatic N) is 9. The molecule has 24 nitrogen and oxygen atoms in total. The average Bonchev–Trinajstić information content (AvgIpc) is 1.72. The lowest BCUT2D eigenvalue weighted by atomic mass is 9.78. The molecule has 3 N–H and O–H groups in total. The molecule has 0 radical (unpaired) electrons. The van der Waals surface area contributed by atoms with Crippen molar-refractivity contribution in [3.63, 3.8) is 0 Å². The lowest BCUT2D eigenvalue weighted by Crippen LogP contribution is -2.65. The normalized spacial score (nSPS) is 31.8. The van der Waals surface area contributed by atoms with Crippen LogP contribution in [0.4, 0.5) is 22.0 Å². The fourth-order valence-electron chi connectivity index (χ4n) is 16.9. The van der Waals surface area contributed by atoms with Gasteiger partial charge in [-0.25, -0.2) is 8.78 Å². The number of likely N-dealkylation sites (tertiary alicyclic amines) is 1. The van der Waals surface area contributed by atoms with Crippen molar-refractivity contribution < 1.29 is 79.5 Å². The average molecular weight is 1470 g/mol. The van der Waals surface area contributed by atoms with E-state index in [-0.39, 0.29) is 82.6 Å². The molecule has 13 atom stereocenters. The van der Waals surface area contributed by atoms with Gasteiger partial charge in [0.15, 0.2) is 0 Å². The molecule has 0 aromatic carbocycles. The predicted molar refractivity (Wildman–Crippen MR) is 368 cm³/mol. The van der Waals surface area contributed by atoms with Crippen LogP contribution in [0.15, 0.2) is 0 Å². The van der Waals surface area contributed by atoms with Crippen LogP contribution in [0.1, 0.15) is 195 Å². The molecule has 30 heteroatoms. The van der Waals surface area contributed by atoms with Gasteiger partial charge in [0.05, 0.1) is 25.4 Å². The summed E-state index contributed by atoms with van der Waals surface area (Å²) in [6, 6.07) is -12.3. The Morgan fingerprint density at radius 3 is 1.83 bits per heavy atom. The van der Waals surface area contributed by atoms with Gasteiger partial charge in [-0.2, -0.15) is 13.2 Å². The van der Waals surface area contributed by atoms with Crippen LogP contribution in [0.2, 0.25) is 0 Å². The van der Waals surface area contributed by atoms with Crippen LogP contribution < -0.4 is 16.0 Å². The minimum absolute atomic E-state index is 0.00224. The van der Waals surface area contributed by atoms with Crippen LogP contribution in [0.3, 0.4) is 0 Å². The number of halogens is 6.